The minimum absolute atomic E-state index is 0.112. The molecule has 0 fully saturated rings. The van der Waals surface area contributed by atoms with Gasteiger partial charge in [0.15, 0.2) is 6.10 Å². The van der Waals surface area contributed by atoms with E-state index in [1.807, 2.05) is 26.0 Å². The summed E-state index contributed by atoms with van der Waals surface area (Å²) >= 11 is 0. The Labute approximate surface area is 232 Å². The Kier molecular flexibility index (Phi) is 7.23. The van der Waals surface area contributed by atoms with Gasteiger partial charge in [-0.25, -0.2) is 8.42 Å². The van der Waals surface area contributed by atoms with E-state index >= 15 is 0 Å². The Morgan fingerprint density at radius 1 is 0.974 bits per heavy atom. The molecule has 0 aromatic heterocycles. The number of amides is 1. The largest absolute Gasteiger partial charge is 0.476 e. The van der Waals surface area contributed by atoms with Gasteiger partial charge in [-0.3, -0.25) is 9.10 Å². The molecule has 0 bridgehead atoms. The molecule has 6 nitrogen and oxygen atoms in total. The predicted octanol–water partition coefficient (Wildman–Crippen LogP) is 6.01. The molecule has 39 heavy (non-hydrogen) atoms. The van der Waals surface area contributed by atoms with Crippen molar-refractivity contribution < 1.29 is 17.9 Å². The highest BCUT2D eigenvalue weighted by molar-refractivity contribution is 7.92. The van der Waals surface area contributed by atoms with Crippen molar-refractivity contribution in [3.8, 4) is 5.75 Å². The van der Waals surface area contributed by atoms with E-state index in [9.17, 15) is 13.2 Å². The van der Waals surface area contributed by atoms with Gasteiger partial charge in [-0.05, 0) is 91.5 Å². The van der Waals surface area contributed by atoms with Crippen LogP contribution in [0, 0.1) is 6.92 Å². The van der Waals surface area contributed by atoms with Gasteiger partial charge in [0.1, 0.15) is 5.75 Å². The number of anilines is 1. The van der Waals surface area contributed by atoms with Crippen LogP contribution in [-0.2, 0) is 33.1 Å². The van der Waals surface area contributed by atoms with Crippen LogP contribution in [0.5, 0.6) is 5.75 Å². The van der Waals surface area contributed by atoms with Crippen LogP contribution in [0.15, 0.2) is 65.6 Å². The highest BCUT2D eigenvalue weighted by Crippen LogP contribution is 2.40. The van der Waals surface area contributed by atoms with Crippen LogP contribution in [0.1, 0.15) is 74.4 Å². The maximum atomic E-state index is 13.9. The van der Waals surface area contributed by atoms with Crippen LogP contribution in [-0.4, -0.2) is 27.0 Å². The fourth-order valence-electron chi connectivity index (χ4n) is 5.33. The maximum absolute atomic E-state index is 13.9. The average molecular weight is 547 g/mol. The van der Waals surface area contributed by atoms with E-state index in [0.29, 0.717) is 11.4 Å². The first-order valence-corrected chi connectivity index (χ1v) is 15.2. The van der Waals surface area contributed by atoms with Gasteiger partial charge in [-0.15, -0.1) is 0 Å². The number of aryl methyl sites for hydroxylation is 3. The van der Waals surface area contributed by atoms with E-state index in [1.54, 1.807) is 30.3 Å². The van der Waals surface area contributed by atoms with E-state index in [4.69, 9.17) is 4.74 Å². The Morgan fingerprint density at radius 2 is 1.67 bits per heavy atom. The maximum Gasteiger partial charge on any atom is 0.264 e. The van der Waals surface area contributed by atoms with E-state index in [1.165, 1.54) is 28.3 Å². The lowest BCUT2D eigenvalue weighted by atomic mass is 9.86. The van der Waals surface area contributed by atoms with Crippen LogP contribution in [0.4, 0.5) is 5.69 Å². The standard InChI is InChI=1S/C32H38N2O4S/c1-21-10-15-27(16-11-21)39(36,37)34-20-30(38-29-17-14-26(19-28(29)34)32(3,4)5)31(35)33-22(2)24-13-12-23-8-6-7-9-25(23)18-24/h10-19,22,30H,6-9,20H2,1-5H3,(H,33,35). The molecule has 0 saturated heterocycles. The van der Waals surface area contributed by atoms with Gasteiger partial charge in [0, 0.05) is 0 Å². The summed E-state index contributed by atoms with van der Waals surface area (Å²) in [5.74, 6) is 0.0430. The van der Waals surface area contributed by atoms with Crippen molar-refractivity contribution in [1.82, 2.24) is 5.32 Å². The summed E-state index contributed by atoms with van der Waals surface area (Å²) in [6.07, 6.45) is 3.59. The highest BCUT2D eigenvalue weighted by atomic mass is 32.2. The van der Waals surface area contributed by atoms with Crippen LogP contribution in [0.3, 0.4) is 0 Å². The number of nitrogens with zero attached hydrogens (tertiary/aromatic N) is 1. The number of fused-ring (bicyclic) bond motifs is 2. The van der Waals surface area contributed by atoms with Crippen molar-refractivity contribution in [3.05, 3.63) is 88.5 Å². The van der Waals surface area contributed by atoms with Gasteiger partial charge in [-0.2, -0.15) is 0 Å². The lowest BCUT2D eigenvalue weighted by Gasteiger charge is -2.36. The molecule has 2 unspecified atom stereocenters. The molecule has 1 aliphatic carbocycles. The molecule has 1 amide bonds. The predicted molar refractivity (Wildman–Crippen MR) is 155 cm³/mol. The van der Waals surface area contributed by atoms with E-state index in [-0.39, 0.29) is 28.8 Å². The molecule has 0 saturated carbocycles. The fourth-order valence-corrected chi connectivity index (χ4v) is 6.80. The van der Waals surface area contributed by atoms with E-state index < -0.39 is 16.1 Å². The third-order valence-corrected chi connectivity index (χ3v) is 9.62. The third kappa shape index (κ3) is 5.55. The lowest BCUT2D eigenvalue weighted by molar-refractivity contribution is -0.128. The second-order valence-corrected chi connectivity index (χ2v) is 13.7. The summed E-state index contributed by atoms with van der Waals surface area (Å²) in [5, 5.41) is 3.07. The molecule has 1 aliphatic heterocycles. The summed E-state index contributed by atoms with van der Waals surface area (Å²) in [4.78, 5) is 13.7. The molecule has 0 radical (unpaired) electrons. The smallest absolute Gasteiger partial charge is 0.264 e. The second-order valence-electron chi connectivity index (χ2n) is 11.9. The highest BCUT2D eigenvalue weighted by Gasteiger charge is 2.38. The number of ether oxygens (including phenoxy) is 1. The number of carbonyl (C=O) groups is 1. The first kappa shape index (κ1) is 27.3. The Bertz CT molecular complexity index is 1490. The monoisotopic (exact) mass is 546 g/mol. The molecule has 1 heterocycles. The number of sulfonamides is 1. The van der Waals surface area contributed by atoms with Gasteiger partial charge in [0.25, 0.3) is 15.9 Å². The van der Waals surface area contributed by atoms with Crippen molar-refractivity contribution in [2.24, 2.45) is 0 Å². The average Bonchev–Trinajstić information content (AvgIpc) is 2.91. The van der Waals surface area contributed by atoms with Crippen molar-refractivity contribution >= 4 is 21.6 Å². The summed E-state index contributed by atoms with van der Waals surface area (Å²) in [6.45, 7) is 10.00. The summed E-state index contributed by atoms with van der Waals surface area (Å²) in [5.41, 5.74) is 6.01. The van der Waals surface area contributed by atoms with Crippen LogP contribution in [0.2, 0.25) is 0 Å². The van der Waals surface area contributed by atoms with Crippen LogP contribution >= 0.6 is 0 Å². The van der Waals surface area contributed by atoms with E-state index in [0.717, 1.165) is 29.5 Å². The van der Waals surface area contributed by atoms with Gasteiger partial charge in [0.05, 0.1) is 23.2 Å². The van der Waals surface area contributed by atoms with E-state index in [2.05, 4.69) is 44.3 Å². The molecule has 2 aliphatic rings. The first-order valence-electron chi connectivity index (χ1n) is 13.8. The molecule has 7 heteroatoms. The summed E-state index contributed by atoms with van der Waals surface area (Å²) in [7, 11) is -3.94. The van der Waals surface area contributed by atoms with Gasteiger partial charge >= 0.3 is 0 Å². The fraction of sp³-hybridized carbons (Fsp3) is 0.406. The molecule has 1 N–H and O–H groups in total. The lowest BCUT2D eigenvalue weighted by Crippen LogP contribution is -2.51. The first-order chi connectivity index (χ1) is 18.4. The number of rotatable bonds is 5. The SMILES string of the molecule is Cc1ccc(S(=O)(=O)N2CC(C(=O)NC(C)c3ccc4c(c3)CCCC4)Oc3ccc(C(C)(C)C)cc32)cc1. The van der Waals surface area contributed by atoms with Crippen molar-refractivity contribution in [2.75, 3.05) is 10.8 Å². The minimum atomic E-state index is -3.94. The zero-order valence-corrected chi connectivity index (χ0v) is 24.3. The Hall–Kier alpha value is -3.32. The minimum Gasteiger partial charge on any atom is -0.476 e. The molecule has 3 aromatic carbocycles. The van der Waals surface area contributed by atoms with Gasteiger partial charge in [-0.1, -0.05) is 62.7 Å². The van der Waals surface area contributed by atoms with Gasteiger partial charge in [0.2, 0.25) is 0 Å². The molecule has 5 rings (SSSR count). The molecule has 2 atom stereocenters. The number of hydrogen-bond donors (Lipinski definition) is 1. The number of benzene rings is 3. The van der Waals surface area contributed by atoms with Crippen molar-refractivity contribution in [1.29, 1.82) is 0 Å². The normalized spacial score (nSPS) is 18.0. The zero-order valence-electron chi connectivity index (χ0n) is 23.5. The molecule has 0 spiro atoms. The van der Waals surface area contributed by atoms with Crippen molar-refractivity contribution in [2.45, 2.75) is 82.8 Å². The summed E-state index contributed by atoms with van der Waals surface area (Å²) < 4.78 is 35.3. The zero-order chi connectivity index (χ0) is 27.9. The topological polar surface area (TPSA) is 75.7 Å². The Morgan fingerprint density at radius 3 is 2.36 bits per heavy atom. The molecular weight excluding hydrogens is 508 g/mol. The number of carbonyl (C=O) groups excluding carboxylic acids is 1. The Balaban J connectivity index is 1.45. The van der Waals surface area contributed by atoms with Crippen molar-refractivity contribution in [3.63, 3.8) is 0 Å². The summed E-state index contributed by atoms with van der Waals surface area (Å²) in [6, 6.07) is 18.6. The number of nitrogens with one attached hydrogen (secondary N) is 1. The third-order valence-electron chi connectivity index (χ3n) is 7.83. The van der Waals surface area contributed by atoms with Crippen LogP contribution < -0.4 is 14.4 Å². The number of hydrogen-bond acceptors (Lipinski definition) is 4. The second kappa shape index (κ2) is 10.3. The van der Waals surface area contributed by atoms with Gasteiger partial charge < -0.3 is 10.1 Å². The molecule has 3 aromatic rings. The van der Waals surface area contributed by atoms with Crippen LogP contribution in [0.25, 0.3) is 0 Å². The quantitative estimate of drug-likeness (QED) is 0.426. The molecular formula is C32H38N2O4S. The molecule has 206 valence electrons.